The predicted octanol–water partition coefficient (Wildman–Crippen LogP) is 18.9. The molecule has 71 heavy (non-hydrogen) atoms. The van der Waals surface area contributed by atoms with Gasteiger partial charge in [-0.2, -0.15) is 0 Å². The third-order valence-corrected chi connectivity index (χ3v) is 14.2. The smallest absolute Gasteiger partial charge is 0.0542 e. The van der Waals surface area contributed by atoms with Crippen molar-refractivity contribution < 1.29 is 0 Å². The van der Waals surface area contributed by atoms with E-state index in [0.717, 1.165) is 67.7 Å². The lowest BCUT2D eigenvalue weighted by Crippen LogP contribution is -2.10. The molecule has 2 heterocycles. The summed E-state index contributed by atoms with van der Waals surface area (Å²) in [5, 5.41) is 9.62. The Hall–Kier alpha value is -9.38. The van der Waals surface area contributed by atoms with Gasteiger partial charge in [0.1, 0.15) is 0 Å². The van der Waals surface area contributed by atoms with Gasteiger partial charge in [0.05, 0.1) is 33.4 Å². The number of nitrogens with zero attached hydrogens (tertiary/aromatic N) is 4. The molecule has 4 nitrogen and oxygen atoms in total. The van der Waals surface area contributed by atoms with Crippen molar-refractivity contribution in [3.05, 3.63) is 267 Å². The van der Waals surface area contributed by atoms with E-state index in [1.165, 1.54) is 54.1 Å². The zero-order valence-electron chi connectivity index (χ0n) is 39.3. The van der Waals surface area contributed by atoms with Crippen molar-refractivity contribution in [2.75, 3.05) is 9.80 Å². The Morgan fingerprint density at radius 3 is 1.32 bits per heavy atom. The van der Waals surface area contributed by atoms with Crippen molar-refractivity contribution in [3.63, 3.8) is 0 Å². The first-order chi connectivity index (χ1) is 35.1. The van der Waals surface area contributed by atoms with E-state index in [1.54, 1.807) is 0 Å². The number of allylic oxidation sites excluding steroid dienone is 3. The van der Waals surface area contributed by atoms with Crippen LogP contribution in [0, 0.1) is 0 Å². The highest BCUT2D eigenvalue weighted by Gasteiger charge is 2.21. The second-order valence-electron chi connectivity index (χ2n) is 18.1. The lowest BCUT2D eigenvalue weighted by atomic mass is 10.0. The largest absolute Gasteiger partial charge is 0.310 e. The SMILES string of the molecule is C=C/C(=C\C)n1c2ccccc2c2cc(N(c3ccc(-c4ccc(N(c5ccc6c(c5)c5ccccc5n6-c5ccccc5)c5cccc6ccccc56)cc4)cc3)c3cccc4ccccc34)ccc21. The van der Waals surface area contributed by atoms with E-state index in [0.29, 0.717) is 0 Å². The molecule has 0 aliphatic heterocycles. The zero-order valence-corrected chi connectivity index (χ0v) is 39.3. The first kappa shape index (κ1) is 41.8. The van der Waals surface area contributed by atoms with Gasteiger partial charge in [-0.05, 0) is 132 Å². The second-order valence-corrected chi connectivity index (χ2v) is 18.1. The molecule has 0 saturated heterocycles. The topological polar surface area (TPSA) is 16.3 Å². The van der Waals surface area contributed by atoms with Crippen molar-refractivity contribution in [2.24, 2.45) is 0 Å². The van der Waals surface area contributed by atoms with Crippen LogP contribution in [-0.2, 0) is 0 Å². The van der Waals surface area contributed by atoms with Crippen LogP contribution in [0.2, 0.25) is 0 Å². The maximum atomic E-state index is 4.16. The molecule has 0 spiro atoms. The minimum absolute atomic E-state index is 1.06. The molecule has 0 fully saturated rings. The Labute approximate surface area is 413 Å². The lowest BCUT2D eigenvalue weighted by molar-refractivity contribution is 1.18. The highest BCUT2D eigenvalue weighted by atomic mass is 15.2. The summed E-state index contributed by atoms with van der Waals surface area (Å²) in [7, 11) is 0. The molecule has 0 unspecified atom stereocenters. The fraction of sp³-hybridized carbons (Fsp3) is 0.0149. The molecule has 4 heteroatoms. The molecule has 0 aliphatic rings. The second kappa shape index (κ2) is 17.3. The van der Waals surface area contributed by atoms with Gasteiger partial charge in [-0.15, -0.1) is 0 Å². The Morgan fingerprint density at radius 2 is 0.775 bits per heavy atom. The first-order valence-corrected chi connectivity index (χ1v) is 24.3. The quantitative estimate of drug-likeness (QED) is 0.127. The zero-order chi connectivity index (χ0) is 47.4. The van der Waals surface area contributed by atoms with E-state index in [-0.39, 0.29) is 0 Å². The van der Waals surface area contributed by atoms with Crippen LogP contribution in [0.1, 0.15) is 6.92 Å². The van der Waals surface area contributed by atoms with Crippen molar-refractivity contribution in [2.45, 2.75) is 6.92 Å². The van der Waals surface area contributed by atoms with Crippen LogP contribution in [0.15, 0.2) is 267 Å². The molecule has 0 radical (unpaired) electrons. The van der Waals surface area contributed by atoms with Crippen molar-refractivity contribution >= 4 is 105 Å². The molecule has 0 bridgehead atoms. The van der Waals surface area contributed by atoms with Crippen LogP contribution in [0.4, 0.5) is 34.1 Å². The summed E-state index contributed by atoms with van der Waals surface area (Å²) >= 11 is 0. The monoisotopic (exact) mass is 908 g/mol. The molecule has 0 atom stereocenters. The van der Waals surface area contributed by atoms with Gasteiger partial charge in [0.15, 0.2) is 0 Å². The van der Waals surface area contributed by atoms with E-state index in [9.17, 15) is 0 Å². The first-order valence-electron chi connectivity index (χ1n) is 24.3. The molecule has 13 aromatic rings. The highest BCUT2D eigenvalue weighted by Crippen LogP contribution is 2.45. The van der Waals surface area contributed by atoms with Crippen LogP contribution in [0.25, 0.3) is 87.7 Å². The van der Waals surface area contributed by atoms with Gasteiger partial charge in [-0.25, -0.2) is 0 Å². The number of para-hydroxylation sites is 3. The summed E-state index contributed by atoms with van der Waals surface area (Å²) in [4.78, 5) is 4.82. The maximum absolute atomic E-state index is 4.16. The minimum atomic E-state index is 1.06. The maximum Gasteiger partial charge on any atom is 0.0542 e. The van der Waals surface area contributed by atoms with E-state index >= 15 is 0 Å². The third kappa shape index (κ3) is 6.99. The molecule has 336 valence electrons. The number of anilines is 6. The number of rotatable bonds is 10. The molecule has 13 rings (SSSR count). The van der Waals surface area contributed by atoms with E-state index in [4.69, 9.17) is 0 Å². The summed E-state index contributed by atoms with van der Waals surface area (Å²) in [6.45, 7) is 6.23. The van der Waals surface area contributed by atoms with Crippen LogP contribution < -0.4 is 9.80 Å². The Morgan fingerprint density at radius 1 is 0.366 bits per heavy atom. The summed E-state index contributed by atoms with van der Waals surface area (Å²) < 4.78 is 4.69. The van der Waals surface area contributed by atoms with Gasteiger partial charge < -0.3 is 18.9 Å². The minimum Gasteiger partial charge on any atom is -0.310 e. The number of benzene rings is 11. The summed E-state index contributed by atoms with van der Waals surface area (Å²) in [6, 6.07) is 90.5. The molecule has 2 aromatic heterocycles. The van der Waals surface area contributed by atoms with Gasteiger partial charge in [0, 0.05) is 66.5 Å². The van der Waals surface area contributed by atoms with Crippen LogP contribution in [0.5, 0.6) is 0 Å². The van der Waals surface area contributed by atoms with E-state index in [2.05, 4.69) is 287 Å². The molecule has 0 N–H and O–H groups in total. The van der Waals surface area contributed by atoms with E-state index in [1.807, 2.05) is 6.08 Å². The average molecular weight is 909 g/mol. The Kier molecular flexibility index (Phi) is 10.2. The average Bonchev–Trinajstić information content (AvgIpc) is 3.95. The molecular formula is C67H48N4. The van der Waals surface area contributed by atoms with Crippen LogP contribution in [-0.4, -0.2) is 9.13 Å². The van der Waals surface area contributed by atoms with Crippen molar-refractivity contribution in [1.82, 2.24) is 9.13 Å². The van der Waals surface area contributed by atoms with E-state index < -0.39 is 0 Å². The number of fused-ring (bicyclic) bond motifs is 8. The van der Waals surface area contributed by atoms with Gasteiger partial charge >= 0.3 is 0 Å². The Balaban J connectivity index is 0.912. The van der Waals surface area contributed by atoms with Crippen LogP contribution in [0.3, 0.4) is 0 Å². The standard InChI is InChI=1S/C67H48N4/c1-3-50(4-2)70-64-28-14-12-26-58(64)60-44-54(40-42-66(60)70)68(62-30-16-20-48-18-8-10-24-56(48)62)52-36-32-46(33-37-52)47-34-38-53(39-35-47)69(63-31-17-21-49-19-9-11-25-57(49)63)55-41-43-67-61(45-55)59-27-13-15-29-65(59)71(67)51-22-6-5-7-23-51/h3-45H,1H2,2H3/b50-4+. The molecule has 0 aliphatic carbocycles. The fourth-order valence-electron chi connectivity index (χ4n) is 10.9. The molecule has 0 saturated carbocycles. The highest BCUT2D eigenvalue weighted by molar-refractivity contribution is 6.13. The van der Waals surface area contributed by atoms with Gasteiger partial charge in [-0.1, -0.05) is 164 Å². The van der Waals surface area contributed by atoms with Crippen molar-refractivity contribution in [1.29, 1.82) is 0 Å². The molecular weight excluding hydrogens is 861 g/mol. The summed E-state index contributed by atoms with van der Waals surface area (Å²) in [5.74, 6) is 0. The molecule has 11 aromatic carbocycles. The van der Waals surface area contributed by atoms with Crippen LogP contribution >= 0.6 is 0 Å². The summed E-state index contributed by atoms with van der Waals surface area (Å²) in [6.07, 6.45) is 4.06. The van der Waals surface area contributed by atoms with Gasteiger partial charge in [-0.3, -0.25) is 0 Å². The number of aromatic nitrogens is 2. The Bertz CT molecular complexity index is 4180. The summed E-state index contributed by atoms with van der Waals surface area (Å²) in [5.41, 5.74) is 15.8. The van der Waals surface area contributed by atoms with Gasteiger partial charge in [0.2, 0.25) is 0 Å². The normalized spacial score (nSPS) is 11.9. The fourth-order valence-corrected chi connectivity index (χ4v) is 10.9. The van der Waals surface area contributed by atoms with Gasteiger partial charge in [0.25, 0.3) is 0 Å². The number of hydrogen-bond donors (Lipinski definition) is 0. The molecule has 0 amide bonds. The predicted molar refractivity (Wildman–Crippen MR) is 304 cm³/mol. The van der Waals surface area contributed by atoms with Crippen molar-refractivity contribution in [3.8, 4) is 16.8 Å². The lowest BCUT2D eigenvalue weighted by Gasteiger charge is -2.28. The third-order valence-electron chi connectivity index (χ3n) is 14.2. The number of hydrogen-bond acceptors (Lipinski definition) is 2.